The SMILES string of the molecule is [C-]#[N+]\C(C#N)=C(/C(C#N)=C/C=C1/Oc2ccc(Cl)cc2N1CCCS(=O)(=O)[O-])c1cccc2ccccc12. The van der Waals surface area contributed by atoms with E-state index in [0.29, 0.717) is 22.0 Å². The van der Waals surface area contributed by atoms with E-state index in [1.165, 1.54) is 12.2 Å². The number of rotatable bonds is 7. The highest BCUT2D eigenvalue weighted by Gasteiger charge is 2.26. The number of allylic oxidation sites excluding steroid dienone is 5. The Morgan fingerprint density at radius 2 is 1.89 bits per heavy atom. The average molecular weight is 542 g/mol. The van der Waals surface area contributed by atoms with Gasteiger partial charge in [-0.05, 0) is 47.0 Å². The van der Waals surface area contributed by atoms with Gasteiger partial charge in [0.2, 0.25) is 5.88 Å². The molecule has 10 heteroatoms. The minimum Gasteiger partial charge on any atom is -0.748 e. The van der Waals surface area contributed by atoms with Crippen molar-refractivity contribution in [1.82, 2.24) is 0 Å². The molecule has 188 valence electrons. The van der Waals surface area contributed by atoms with Crippen molar-refractivity contribution in [1.29, 1.82) is 10.5 Å². The summed E-state index contributed by atoms with van der Waals surface area (Å²) in [5.74, 6) is 0.161. The van der Waals surface area contributed by atoms with Crippen LogP contribution >= 0.6 is 11.6 Å². The topological polar surface area (TPSA) is 122 Å². The Kier molecular flexibility index (Phi) is 7.81. The van der Waals surface area contributed by atoms with Gasteiger partial charge in [0.1, 0.15) is 0 Å². The summed E-state index contributed by atoms with van der Waals surface area (Å²) in [6.45, 7) is 7.69. The van der Waals surface area contributed by atoms with E-state index >= 15 is 0 Å². The quantitative estimate of drug-likeness (QED) is 0.161. The molecular formula is C28H18ClN4O4S-. The van der Waals surface area contributed by atoms with Crippen LogP contribution in [0.25, 0.3) is 21.2 Å². The van der Waals surface area contributed by atoms with Gasteiger partial charge in [0.05, 0.1) is 40.1 Å². The monoisotopic (exact) mass is 541 g/mol. The molecule has 1 aliphatic rings. The number of anilines is 1. The summed E-state index contributed by atoms with van der Waals surface area (Å²) in [5, 5.41) is 21.9. The Morgan fingerprint density at radius 3 is 2.61 bits per heavy atom. The van der Waals surface area contributed by atoms with E-state index in [1.54, 1.807) is 35.2 Å². The first kappa shape index (κ1) is 26.5. The van der Waals surface area contributed by atoms with Crippen molar-refractivity contribution >= 4 is 43.8 Å². The van der Waals surface area contributed by atoms with Crippen molar-refractivity contribution in [3.05, 3.63) is 112 Å². The minimum atomic E-state index is -4.41. The second-order valence-corrected chi connectivity index (χ2v) is 10.1. The zero-order chi connectivity index (χ0) is 27.3. The minimum absolute atomic E-state index is 0.0325. The molecule has 4 rings (SSSR count). The number of nitrogens with zero attached hydrogens (tertiary/aromatic N) is 4. The zero-order valence-electron chi connectivity index (χ0n) is 19.8. The summed E-state index contributed by atoms with van der Waals surface area (Å²) in [7, 11) is -4.41. The number of hydrogen-bond acceptors (Lipinski definition) is 7. The van der Waals surface area contributed by atoms with Gasteiger partial charge in [-0.3, -0.25) is 0 Å². The van der Waals surface area contributed by atoms with Crippen molar-refractivity contribution in [3.63, 3.8) is 0 Å². The lowest BCUT2D eigenvalue weighted by Gasteiger charge is -2.19. The average Bonchev–Trinajstić information content (AvgIpc) is 3.24. The van der Waals surface area contributed by atoms with Crippen molar-refractivity contribution in [2.45, 2.75) is 6.42 Å². The maximum Gasteiger partial charge on any atom is 0.270 e. The summed E-state index contributed by atoms with van der Waals surface area (Å²) in [6, 6.07) is 21.8. The predicted octanol–water partition coefficient (Wildman–Crippen LogP) is 5.77. The first-order valence-corrected chi connectivity index (χ1v) is 13.2. The summed E-state index contributed by atoms with van der Waals surface area (Å²) in [6.07, 6.45) is 2.98. The highest BCUT2D eigenvalue weighted by Crippen LogP contribution is 2.41. The molecule has 0 N–H and O–H groups in total. The number of fused-ring (bicyclic) bond motifs is 2. The van der Waals surface area contributed by atoms with Gasteiger partial charge in [0, 0.05) is 29.0 Å². The number of hydrogen-bond donors (Lipinski definition) is 0. The van der Waals surface area contributed by atoms with Crippen molar-refractivity contribution in [2.24, 2.45) is 0 Å². The normalized spacial score (nSPS) is 14.8. The third kappa shape index (κ3) is 5.70. The molecule has 0 bridgehead atoms. The van der Waals surface area contributed by atoms with E-state index < -0.39 is 15.9 Å². The highest BCUT2D eigenvalue weighted by molar-refractivity contribution is 7.85. The van der Waals surface area contributed by atoms with E-state index in [2.05, 4.69) is 10.9 Å². The molecular weight excluding hydrogens is 524 g/mol. The van der Waals surface area contributed by atoms with Crippen LogP contribution in [0.5, 0.6) is 5.75 Å². The Balaban J connectivity index is 1.81. The number of benzene rings is 3. The third-order valence-electron chi connectivity index (χ3n) is 5.76. The number of halogens is 1. The Hall–Kier alpha value is -4.59. The molecule has 1 aliphatic heterocycles. The molecule has 0 aromatic heterocycles. The molecule has 8 nitrogen and oxygen atoms in total. The fourth-order valence-electron chi connectivity index (χ4n) is 4.14. The molecule has 0 unspecified atom stereocenters. The highest BCUT2D eigenvalue weighted by atomic mass is 35.5. The molecule has 0 saturated heterocycles. The van der Waals surface area contributed by atoms with Gasteiger partial charge in [-0.25, -0.2) is 18.5 Å². The van der Waals surface area contributed by atoms with Crippen LogP contribution in [0.15, 0.2) is 90.0 Å². The molecule has 3 aromatic rings. The molecule has 0 aliphatic carbocycles. The van der Waals surface area contributed by atoms with Gasteiger partial charge in [0.15, 0.2) is 5.75 Å². The van der Waals surface area contributed by atoms with Gasteiger partial charge in [-0.15, -0.1) is 0 Å². The molecule has 0 fully saturated rings. The summed E-state index contributed by atoms with van der Waals surface area (Å²) in [4.78, 5) is 5.02. The first-order chi connectivity index (χ1) is 18.3. The molecule has 0 radical (unpaired) electrons. The van der Waals surface area contributed by atoms with E-state index in [1.807, 2.05) is 36.4 Å². The van der Waals surface area contributed by atoms with Crippen LogP contribution in [0.2, 0.25) is 5.02 Å². The fourth-order valence-corrected chi connectivity index (χ4v) is 4.79. The zero-order valence-corrected chi connectivity index (χ0v) is 21.3. The van der Waals surface area contributed by atoms with Crippen LogP contribution in [-0.2, 0) is 10.1 Å². The third-order valence-corrected chi connectivity index (χ3v) is 6.79. The van der Waals surface area contributed by atoms with Crippen LogP contribution in [0.3, 0.4) is 0 Å². The molecule has 0 spiro atoms. The van der Waals surface area contributed by atoms with Crippen LogP contribution < -0.4 is 9.64 Å². The van der Waals surface area contributed by atoms with Gasteiger partial charge >= 0.3 is 0 Å². The van der Waals surface area contributed by atoms with E-state index in [9.17, 15) is 23.5 Å². The van der Waals surface area contributed by atoms with Crippen LogP contribution in [-0.4, -0.2) is 25.3 Å². The van der Waals surface area contributed by atoms with E-state index in [0.717, 1.165) is 10.8 Å². The molecule has 0 atom stereocenters. The first-order valence-electron chi connectivity index (χ1n) is 11.3. The lowest BCUT2D eigenvalue weighted by atomic mass is 9.92. The van der Waals surface area contributed by atoms with Crippen molar-refractivity contribution < 1.29 is 17.7 Å². The number of ether oxygens (including phenoxy) is 1. The Labute approximate surface area is 225 Å². The largest absolute Gasteiger partial charge is 0.748 e. The fraction of sp³-hybridized carbons (Fsp3) is 0.107. The maximum atomic E-state index is 11.1. The van der Waals surface area contributed by atoms with Gasteiger partial charge in [-0.2, -0.15) is 5.26 Å². The van der Waals surface area contributed by atoms with Crippen LogP contribution in [0, 0.1) is 29.2 Å². The van der Waals surface area contributed by atoms with Gasteiger partial charge < -0.3 is 14.2 Å². The molecule has 0 saturated carbocycles. The van der Waals surface area contributed by atoms with E-state index in [-0.39, 0.29) is 35.7 Å². The standard InChI is InChI=1S/C28H19ClN4O4S/c1-32-24(18-31)28(23-9-4-7-19-6-2-3-8-22(19)23)20(17-30)10-13-27-33(14-5-15-38(34,35)36)25-16-21(29)11-12-26(25)37-27/h2-4,6-13,16H,5,14-15H2,(H,34,35,36)/p-1/b20-10+,27-13+,28-24+. The summed E-state index contributed by atoms with van der Waals surface area (Å²) < 4.78 is 39.3. The van der Waals surface area contributed by atoms with Crippen LogP contribution in [0.1, 0.15) is 12.0 Å². The van der Waals surface area contributed by atoms with Crippen LogP contribution in [0.4, 0.5) is 5.69 Å². The molecule has 3 aromatic carbocycles. The smallest absolute Gasteiger partial charge is 0.270 e. The molecule has 1 heterocycles. The molecule has 38 heavy (non-hydrogen) atoms. The lowest BCUT2D eigenvalue weighted by molar-refractivity contribution is 0.436. The lowest BCUT2D eigenvalue weighted by Crippen LogP contribution is -2.23. The van der Waals surface area contributed by atoms with Crippen molar-refractivity contribution in [2.75, 3.05) is 17.2 Å². The summed E-state index contributed by atoms with van der Waals surface area (Å²) >= 11 is 6.15. The Bertz CT molecular complexity index is 1730. The van der Waals surface area contributed by atoms with Gasteiger partial charge in [-0.1, -0.05) is 54.1 Å². The second kappa shape index (κ2) is 11.2. The Morgan fingerprint density at radius 1 is 1.13 bits per heavy atom. The van der Waals surface area contributed by atoms with E-state index in [4.69, 9.17) is 22.9 Å². The number of nitriles is 2. The molecule has 0 amide bonds. The predicted molar refractivity (Wildman–Crippen MR) is 143 cm³/mol. The van der Waals surface area contributed by atoms with Gasteiger partial charge in [0.25, 0.3) is 5.70 Å². The maximum absolute atomic E-state index is 11.1. The summed E-state index contributed by atoms with van der Waals surface area (Å²) in [5.41, 5.74) is 1.12. The van der Waals surface area contributed by atoms with Crippen molar-refractivity contribution in [3.8, 4) is 17.9 Å². The second-order valence-electron chi connectivity index (χ2n) is 8.15.